The van der Waals surface area contributed by atoms with E-state index in [0.29, 0.717) is 47.0 Å². The van der Waals surface area contributed by atoms with Gasteiger partial charge in [0.1, 0.15) is 23.0 Å². The lowest BCUT2D eigenvalue weighted by Gasteiger charge is -2.57. The second-order valence-electron chi connectivity index (χ2n) is 16.6. The molecule has 0 radical (unpaired) electrons. The van der Waals surface area contributed by atoms with Crippen LogP contribution in [-0.4, -0.2) is 112 Å². The largest absolute Gasteiger partial charge is 0.495 e. The zero-order chi connectivity index (χ0) is 44.2. The second-order valence-corrected chi connectivity index (χ2v) is 16.6. The number of alkyl halides is 2. The Morgan fingerprint density at radius 1 is 0.937 bits per heavy atom. The van der Waals surface area contributed by atoms with E-state index >= 15 is 13.2 Å². The van der Waals surface area contributed by atoms with E-state index in [9.17, 15) is 19.2 Å². The van der Waals surface area contributed by atoms with Crippen molar-refractivity contribution in [3.63, 3.8) is 0 Å². The van der Waals surface area contributed by atoms with Gasteiger partial charge in [-0.05, 0) is 54.3 Å². The SMILES string of the molecule is C1CC1.CNc1cc(N2CCc3c(-c4ncc(CN5CC6(CCN(C(=O)c7ccc(OC)c(N8CCC(=O)NC8=O)c7)CC6(F)F)C5)cc4F)cccc32)nn2c(C(N)=O)cnc12. The number of nitrogens with zero attached hydrogens (tertiary/aromatic N) is 8. The molecule has 328 valence electrons. The maximum absolute atomic E-state index is 16.0. The van der Waals surface area contributed by atoms with Gasteiger partial charge in [-0.1, -0.05) is 31.4 Å². The molecule has 5 aromatic rings. The van der Waals surface area contributed by atoms with E-state index in [1.165, 1.54) is 66.2 Å². The minimum absolute atomic E-state index is 0.0582. The molecule has 1 spiro atoms. The first kappa shape index (κ1) is 41.6. The first-order chi connectivity index (χ1) is 30.3. The van der Waals surface area contributed by atoms with Crippen LogP contribution in [0.4, 0.5) is 40.8 Å². The number of aromatic nitrogens is 4. The van der Waals surface area contributed by atoms with Crippen LogP contribution in [0.15, 0.2) is 60.9 Å². The summed E-state index contributed by atoms with van der Waals surface area (Å²) in [5.41, 5.74) is 8.84. The number of anilines is 4. The number of likely N-dealkylation sites (tertiary alicyclic amines) is 2. The van der Waals surface area contributed by atoms with Gasteiger partial charge in [-0.2, -0.15) is 0 Å². The van der Waals surface area contributed by atoms with Crippen LogP contribution in [0.5, 0.6) is 5.75 Å². The van der Waals surface area contributed by atoms with Gasteiger partial charge in [0.15, 0.2) is 11.5 Å². The van der Waals surface area contributed by atoms with Gasteiger partial charge in [0.05, 0.1) is 36.6 Å². The topological polar surface area (TPSA) is 184 Å². The normalized spacial score (nSPS) is 18.7. The summed E-state index contributed by atoms with van der Waals surface area (Å²) in [6.07, 6.45) is 8.15. The molecule has 1 saturated carbocycles. The molecule has 0 bridgehead atoms. The monoisotopic (exact) mass is 865 g/mol. The molecule has 3 aromatic heterocycles. The summed E-state index contributed by atoms with van der Waals surface area (Å²) >= 11 is 0. The molecule has 19 heteroatoms. The lowest BCUT2D eigenvalue weighted by Crippen LogP contribution is -2.70. The van der Waals surface area contributed by atoms with Gasteiger partial charge in [0.2, 0.25) is 5.91 Å². The molecule has 63 heavy (non-hydrogen) atoms. The molecule has 5 amide bonds. The highest BCUT2D eigenvalue weighted by Crippen LogP contribution is 2.51. The summed E-state index contributed by atoms with van der Waals surface area (Å²) in [5, 5.41) is 9.99. The molecule has 0 atom stereocenters. The summed E-state index contributed by atoms with van der Waals surface area (Å²) in [7, 11) is 3.14. The van der Waals surface area contributed by atoms with E-state index in [1.807, 2.05) is 34.1 Å². The average Bonchev–Trinajstić information content (AvgIpc) is 3.97. The Kier molecular flexibility index (Phi) is 10.7. The Balaban J connectivity index is 0.00000161. The highest BCUT2D eigenvalue weighted by atomic mass is 19.3. The summed E-state index contributed by atoms with van der Waals surface area (Å²) in [4.78, 5) is 64.9. The number of imidazole rings is 1. The number of imide groups is 1. The molecule has 4 aliphatic heterocycles. The fourth-order valence-corrected chi connectivity index (χ4v) is 8.87. The van der Waals surface area contributed by atoms with Crippen LogP contribution in [-0.2, 0) is 17.8 Å². The summed E-state index contributed by atoms with van der Waals surface area (Å²) in [6.45, 7) is 0.293. The average molecular weight is 866 g/mol. The number of halogens is 3. The zero-order valence-corrected chi connectivity index (χ0v) is 34.8. The maximum atomic E-state index is 16.0. The number of rotatable bonds is 9. The smallest absolute Gasteiger partial charge is 0.328 e. The number of benzene rings is 2. The van der Waals surface area contributed by atoms with Crippen molar-refractivity contribution in [3.8, 4) is 17.0 Å². The van der Waals surface area contributed by atoms with Crippen LogP contribution in [0.2, 0.25) is 0 Å². The number of amides is 5. The number of primary amides is 1. The predicted octanol–water partition coefficient (Wildman–Crippen LogP) is 5.37. The number of urea groups is 1. The molecular weight excluding hydrogens is 820 g/mol. The molecule has 4 N–H and O–H groups in total. The minimum atomic E-state index is -3.20. The first-order valence-corrected chi connectivity index (χ1v) is 20.9. The van der Waals surface area contributed by atoms with Gasteiger partial charge in [-0.15, -0.1) is 5.10 Å². The fraction of sp³-hybridized carbons (Fsp3) is 0.386. The van der Waals surface area contributed by atoms with Crippen molar-refractivity contribution in [2.75, 3.05) is 68.5 Å². The van der Waals surface area contributed by atoms with E-state index in [1.54, 1.807) is 13.2 Å². The Morgan fingerprint density at radius 3 is 2.40 bits per heavy atom. The van der Waals surface area contributed by atoms with Crippen molar-refractivity contribution in [1.82, 2.24) is 34.7 Å². The quantitative estimate of drug-likeness (QED) is 0.173. The lowest BCUT2D eigenvalue weighted by atomic mass is 9.69. The number of carbonyl (C=O) groups is 4. The van der Waals surface area contributed by atoms with E-state index in [-0.39, 0.29) is 68.2 Å². The highest BCUT2D eigenvalue weighted by molar-refractivity contribution is 6.07. The predicted molar refractivity (Wildman–Crippen MR) is 227 cm³/mol. The minimum Gasteiger partial charge on any atom is -0.495 e. The number of pyridine rings is 1. The first-order valence-electron chi connectivity index (χ1n) is 20.9. The molecule has 3 saturated heterocycles. The number of piperidine rings is 1. The molecule has 4 fully saturated rings. The van der Waals surface area contributed by atoms with Gasteiger partial charge in [0, 0.05) is 81.8 Å². The van der Waals surface area contributed by atoms with Crippen molar-refractivity contribution in [2.24, 2.45) is 11.1 Å². The van der Waals surface area contributed by atoms with E-state index in [0.717, 1.165) is 16.2 Å². The molecule has 7 heterocycles. The van der Waals surface area contributed by atoms with E-state index < -0.39 is 47.5 Å². The standard InChI is InChI=1S/C41H40F3N11O5.C3H6/c1-46-28-16-33(50-55-31(36(45)57)18-48-37(28)55)53-11-8-25-26(4-3-5-29(25)53)35-27(42)14-23(17-47-35)19-51-20-40(21-51)10-13-52(22-41(40,43)44)38(58)24-6-7-32(60-2)30(15-24)54-12-9-34(56)49-39(54)59;1-2-3-1/h3-7,14-18,46H,8-13,19-22H2,1-2H3,(H2,45,57)(H,49,56,59);1-3H2. The summed E-state index contributed by atoms with van der Waals surface area (Å²) in [5.74, 6) is -4.60. The van der Waals surface area contributed by atoms with Crippen LogP contribution < -0.4 is 30.9 Å². The third-order valence-corrected chi connectivity index (χ3v) is 12.3. The second kappa shape index (κ2) is 16.2. The number of carbonyl (C=O) groups excluding carboxylic acids is 4. The highest BCUT2D eigenvalue weighted by Gasteiger charge is 2.62. The Morgan fingerprint density at radius 2 is 1.71 bits per heavy atom. The van der Waals surface area contributed by atoms with E-state index in [4.69, 9.17) is 10.5 Å². The van der Waals surface area contributed by atoms with Crippen molar-refractivity contribution in [1.29, 1.82) is 0 Å². The van der Waals surface area contributed by atoms with Crippen LogP contribution >= 0.6 is 0 Å². The number of hydrogen-bond acceptors (Lipinski definition) is 11. The van der Waals surface area contributed by atoms with Crippen LogP contribution in [0.3, 0.4) is 0 Å². The number of nitrogens with two attached hydrogens (primary N) is 1. The molecule has 2 aromatic carbocycles. The third kappa shape index (κ3) is 7.63. The van der Waals surface area contributed by atoms with Crippen LogP contribution in [0, 0.1) is 11.2 Å². The summed E-state index contributed by atoms with van der Waals surface area (Å²) < 4.78 is 54.7. The van der Waals surface area contributed by atoms with Crippen LogP contribution in [0.1, 0.15) is 64.1 Å². The third-order valence-electron chi connectivity index (χ3n) is 12.3. The number of ether oxygens (including phenoxy) is 1. The molecule has 16 nitrogen and oxygen atoms in total. The van der Waals surface area contributed by atoms with Crippen molar-refractivity contribution < 1.29 is 37.1 Å². The van der Waals surface area contributed by atoms with Gasteiger partial charge in [-0.25, -0.2) is 27.5 Å². The van der Waals surface area contributed by atoms with Gasteiger partial charge in [-0.3, -0.25) is 34.5 Å². The molecule has 1 aliphatic carbocycles. The molecule has 10 rings (SSSR count). The van der Waals surface area contributed by atoms with Gasteiger partial charge in [0.25, 0.3) is 17.7 Å². The van der Waals surface area contributed by atoms with Crippen molar-refractivity contribution >= 4 is 52.3 Å². The molecule has 0 unspecified atom stereocenters. The number of methoxy groups -OCH3 is 1. The number of hydrogen-bond donors (Lipinski definition) is 3. The summed E-state index contributed by atoms with van der Waals surface area (Å²) in [6, 6.07) is 12.5. The Labute approximate surface area is 360 Å². The Hall–Kier alpha value is -6.76. The van der Waals surface area contributed by atoms with Crippen molar-refractivity contribution in [2.45, 2.75) is 51.0 Å². The lowest BCUT2D eigenvalue weighted by molar-refractivity contribution is -0.220. The number of fused-ring (bicyclic) bond motifs is 2. The molecule has 5 aliphatic rings. The van der Waals surface area contributed by atoms with Crippen molar-refractivity contribution in [3.05, 3.63) is 89.1 Å². The van der Waals surface area contributed by atoms with E-state index in [2.05, 4.69) is 25.7 Å². The fourth-order valence-electron chi connectivity index (χ4n) is 8.87. The maximum Gasteiger partial charge on any atom is 0.328 e. The number of nitrogens with one attached hydrogen (secondary N) is 2. The van der Waals surface area contributed by atoms with Crippen LogP contribution in [0.25, 0.3) is 16.9 Å². The Bertz CT molecular complexity index is 2660. The zero-order valence-electron chi connectivity index (χ0n) is 34.8. The van der Waals surface area contributed by atoms with Gasteiger partial charge < -0.3 is 25.6 Å². The van der Waals surface area contributed by atoms with Gasteiger partial charge >= 0.3 is 6.03 Å². The molecular formula is C44H46F3N11O5.